The predicted molar refractivity (Wildman–Crippen MR) is 77.0 cm³/mol. The van der Waals surface area contributed by atoms with Gasteiger partial charge in [-0.2, -0.15) is 0 Å². The third-order valence-corrected chi connectivity index (χ3v) is 3.11. The Morgan fingerprint density at radius 2 is 1.84 bits per heavy atom. The molecule has 2 rings (SSSR count). The van der Waals surface area contributed by atoms with E-state index in [2.05, 4.69) is 5.32 Å². The van der Waals surface area contributed by atoms with Crippen LogP contribution in [0.5, 0.6) is 0 Å². The van der Waals surface area contributed by atoms with Gasteiger partial charge >= 0.3 is 5.97 Å². The SMILES string of the molecule is O=C(O)c1c(Cl)cccc1NCCc1ccccc1. The molecule has 0 saturated carbocycles. The van der Waals surface area contributed by atoms with Gasteiger partial charge in [-0.05, 0) is 24.1 Å². The number of aromatic carboxylic acids is 1. The number of nitrogens with one attached hydrogen (secondary N) is 1. The van der Waals surface area contributed by atoms with Crippen LogP contribution in [-0.4, -0.2) is 17.6 Å². The maximum absolute atomic E-state index is 11.2. The molecule has 0 aliphatic carbocycles. The molecule has 0 atom stereocenters. The monoisotopic (exact) mass is 275 g/mol. The van der Waals surface area contributed by atoms with Crippen LogP contribution >= 0.6 is 11.6 Å². The predicted octanol–water partition coefficient (Wildman–Crippen LogP) is 3.69. The summed E-state index contributed by atoms with van der Waals surface area (Å²) in [5.74, 6) is -1.02. The third kappa shape index (κ3) is 3.48. The summed E-state index contributed by atoms with van der Waals surface area (Å²) in [7, 11) is 0. The van der Waals surface area contributed by atoms with Gasteiger partial charge in [0, 0.05) is 6.54 Å². The fourth-order valence-corrected chi connectivity index (χ4v) is 2.13. The number of rotatable bonds is 5. The molecule has 3 nitrogen and oxygen atoms in total. The fourth-order valence-electron chi connectivity index (χ4n) is 1.87. The minimum Gasteiger partial charge on any atom is -0.478 e. The molecular formula is C15H14ClNO2. The Kier molecular flexibility index (Phi) is 4.42. The molecule has 0 bridgehead atoms. The molecule has 2 N–H and O–H groups in total. The lowest BCUT2D eigenvalue weighted by Crippen LogP contribution is -2.10. The average molecular weight is 276 g/mol. The Labute approximate surface area is 116 Å². The van der Waals surface area contributed by atoms with Crippen molar-refractivity contribution in [1.82, 2.24) is 0 Å². The number of carboxylic acid groups (broad SMARTS) is 1. The van der Waals surface area contributed by atoms with Gasteiger partial charge in [0.15, 0.2) is 0 Å². The van der Waals surface area contributed by atoms with Gasteiger partial charge in [-0.15, -0.1) is 0 Å². The number of carboxylic acids is 1. The van der Waals surface area contributed by atoms with E-state index < -0.39 is 5.97 Å². The second-order valence-corrected chi connectivity index (χ2v) is 4.54. The molecule has 2 aromatic carbocycles. The second-order valence-electron chi connectivity index (χ2n) is 4.13. The summed E-state index contributed by atoms with van der Waals surface area (Å²) in [5.41, 5.74) is 1.88. The molecule has 0 aliphatic heterocycles. The van der Waals surface area contributed by atoms with Crippen molar-refractivity contribution in [1.29, 1.82) is 0 Å². The first-order chi connectivity index (χ1) is 9.18. The average Bonchev–Trinajstić information content (AvgIpc) is 2.39. The van der Waals surface area contributed by atoms with Gasteiger partial charge in [-0.25, -0.2) is 4.79 Å². The van der Waals surface area contributed by atoms with Crippen LogP contribution in [-0.2, 0) is 6.42 Å². The zero-order valence-corrected chi connectivity index (χ0v) is 11.0. The second kappa shape index (κ2) is 6.25. The van der Waals surface area contributed by atoms with E-state index in [4.69, 9.17) is 16.7 Å². The highest BCUT2D eigenvalue weighted by Gasteiger charge is 2.13. The highest BCUT2D eigenvalue weighted by Crippen LogP contribution is 2.24. The molecule has 98 valence electrons. The van der Waals surface area contributed by atoms with E-state index in [-0.39, 0.29) is 10.6 Å². The molecule has 0 unspecified atom stereocenters. The summed E-state index contributed by atoms with van der Waals surface area (Å²) >= 11 is 5.90. The lowest BCUT2D eigenvalue weighted by molar-refractivity contribution is 0.0698. The topological polar surface area (TPSA) is 49.3 Å². The molecule has 0 aromatic heterocycles. The van der Waals surface area contributed by atoms with Crippen molar-refractivity contribution < 1.29 is 9.90 Å². The quantitative estimate of drug-likeness (QED) is 0.875. The number of benzene rings is 2. The lowest BCUT2D eigenvalue weighted by atomic mass is 10.1. The molecule has 0 fully saturated rings. The molecule has 0 spiro atoms. The first-order valence-electron chi connectivity index (χ1n) is 5.98. The van der Waals surface area contributed by atoms with Crippen LogP contribution in [0.25, 0.3) is 0 Å². The highest BCUT2D eigenvalue weighted by molar-refractivity contribution is 6.34. The fraction of sp³-hybridized carbons (Fsp3) is 0.133. The Morgan fingerprint density at radius 3 is 2.53 bits per heavy atom. The number of halogens is 1. The molecule has 4 heteroatoms. The number of hydrogen-bond acceptors (Lipinski definition) is 2. The van der Waals surface area contributed by atoms with Crippen LogP contribution in [0.15, 0.2) is 48.5 Å². The molecule has 0 heterocycles. The summed E-state index contributed by atoms with van der Waals surface area (Å²) in [6.45, 7) is 0.657. The van der Waals surface area contributed by atoms with Crippen molar-refractivity contribution >= 4 is 23.3 Å². The zero-order chi connectivity index (χ0) is 13.7. The lowest BCUT2D eigenvalue weighted by Gasteiger charge is -2.10. The van der Waals surface area contributed by atoms with E-state index in [0.717, 1.165) is 6.42 Å². The van der Waals surface area contributed by atoms with Crippen LogP contribution in [0.2, 0.25) is 5.02 Å². The van der Waals surface area contributed by atoms with Crippen molar-refractivity contribution in [3.8, 4) is 0 Å². The molecule has 0 amide bonds. The molecule has 2 aromatic rings. The number of carbonyl (C=O) groups is 1. The molecule has 0 saturated heterocycles. The Morgan fingerprint density at radius 1 is 1.11 bits per heavy atom. The smallest absolute Gasteiger partial charge is 0.339 e. The van der Waals surface area contributed by atoms with Crippen molar-refractivity contribution in [2.45, 2.75) is 6.42 Å². The van der Waals surface area contributed by atoms with Crippen LogP contribution < -0.4 is 5.32 Å². The van der Waals surface area contributed by atoms with Crippen LogP contribution in [0.4, 0.5) is 5.69 Å². The number of anilines is 1. The van der Waals surface area contributed by atoms with E-state index in [1.165, 1.54) is 5.56 Å². The Hall–Kier alpha value is -2.00. The highest BCUT2D eigenvalue weighted by atomic mass is 35.5. The van der Waals surface area contributed by atoms with Crippen LogP contribution in [0.1, 0.15) is 15.9 Å². The molecule has 0 aliphatic rings. The largest absolute Gasteiger partial charge is 0.478 e. The zero-order valence-electron chi connectivity index (χ0n) is 10.3. The van der Waals surface area contributed by atoms with Gasteiger partial charge in [0.05, 0.1) is 10.7 Å². The van der Waals surface area contributed by atoms with E-state index in [1.807, 2.05) is 30.3 Å². The first kappa shape index (κ1) is 13.4. The molecule has 0 radical (unpaired) electrons. The van der Waals surface area contributed by atoms with E-state index in [0.29, 0.717) is 12.2 Å². The Balaban J connectivity index is 2.04. The van der Waals surface area contributed by atoms with Crippen molar-refractivity contribution in [3.63, 3.8) is 0 Å². The maximum atomic E-state index is 11.2. The van der Waals surface area contributed by atoms with Crippen molar-refractivity contribution in [2.75, 3.05) is 11.9 Å². The van der Waals surface area contributed by atoms with Gasteiger partial charge in [-0.1, -0.05) is 48.0 Å². The standard InChI is InChI=1S/C15H14ClNO2/c16-12-7-4-8-13(14(12)15(18)19)17-10-9-11-5-2-1-3-6-11/h1-8,17H,9-10H2,(H,18,19). The Bertz CT molecular complexity index is 570. The number of hydrogen-bond donors (Lipinski definition) is 2. The van der Waals surface area contributed by atoms with Gasteiger partial charge in [0.2, 0.25) is 0 Å². The summed E-state index contributed by atoms with van der Waals surface area (Å²) in [6, 6.07) is 15.0. The van der Waals surface area contributed by atoms with Gasteiger partial charge < -0.3 is 10.4 Å². The maximum Gasteiger partial charge on any atom is 0.339 e. The minimum atomic E-state index is -1.02. The molecular weight excluding hydrogens is 262 g/mol. The first-order valence-corrected chi connectivity index (χ1v) is 6.36. The van der Waals surface area contributed by atoms with Gasteiger partial charge in [0.25, 0.3) is 0 Å². The van der Waals surface area contributed by atoms with E-state index in [1.54, 1.807) is 18.2 Å². The van der Waals surface area contributed by atoms with E-state index >= 15 is 0 Å². The van der Waals surface area contributed by atoms with Gasteiger partial charge in [-0.3, -0.25) is 0 Å². The third-order valence-electron chi connectivity index (χ3n) is 2.80. The van der Waals surface area contributed by atoms with Crippen molar-refractivity contribution in [3.05, 3.63) is 64.7 Å². The van der Waals surface area contributed by atoms with Crippen LogP contribution in [0.3, 0.4) is 0 Å². The van der Waals surface area contributed by atoms with Crippen molar-refractivity contribution in [2.24, 2.45) is 0 Å². The summed E-state index contributed by atoms with van der Waals surface area (Å²) < 4.78 is 0. The summed E-state index contributed by atoms with van der Waals surface area (Å²) in [6.07, 6.45) is 0.826. The normalized spacial score (nSPS) is 10.2. The molecule has 19 heavy (non-hydrogen) atoms. The van der Waals surface area contributed by atoms with E-state index in [9.17, 15) is 4.79 Å². The van der Waals surface area contributed by atoms with Gasteiger partial charge in [0.1, 0.15) is 5.56 Å². The van der Waals surface area contributed by atoms with Crippen LogP contribution in [0, 0.1) is 0 Å². The summed E-state index contributed by atoms with van der Waals surface area (Å²) in [4.78, 5) is 11.2. The minimum absolute atomic E-state index is 0.122. The summed E-state index contributed by atoms with van der Waals surface area (Å²) in [5, 5.41) is 12.5.